The quantitative estimate of drug-likeness (QED) is 0.492. The van der Waals surface area contributed by atoms with Crippen LogP contribution in [0.5, 0.6) is 0 Å². The molecule has 0 radical (unpaired) electrons. The molecule has 1 heterocycles. The number of benzene rings is 1. The molecule has 1 amide bonds. The van der Waals surface area contributed by atoms with Crippen LogP contribution in [0.3, 0.4) is 0 Å². The molecule has 0 unspecified atom stereocenters. The second-order valence-electron chi connectivity index (χ2n) is 3.72. The zero-order valence-corrected chi connectivity index (χ0v) is 10.6. The van der Waals surface area contributed by atoms with Crippen molar-refractivity contribution in [2.75, 3.05) is 0 Å². The van der Waals surface area contributed by atoms with E-state index in [1.165, 1.54) is 11.3 Å². The molecule has 0 atom stereocenters. The predicted octanol–water partition coefficient (Wildman–Crippen LogP) is 2.07. The summed E-state index contributed by atoms with van der Waals surface area (Å²) in [6.07, 6.45) is 0. The van der Waals surface area contributed by atoms with E-state index in [-0.39, 0.29) is 5.91 Å². The average Bonchev–Trinajstić information content (AvgIpc) is 2.88. The van der Waals surface area contributed by atoms with Crippen LogP contribution in [0.15, 0.2) is 42.5 Å². The lowest BCUT2D eigenvalue weighted by atomic mass is 10.2. The third kappa shape index (κ3) is 3.40. The van der Waals surface area contributed by atoms with E-state index < -0.39 is 0 Å². The molecule has 0 bridgehead atoms. The van der Waals surface area contributed by atoms with Crippen molar-refractivity contribution in [2.45, 2.75) is 13.2 Å². The Balaban J connectivity index is 1.84. The Labute approximate surface area is 109 Å². The lowest BCUT2D eigenvalue weighted by Crippen LogP contribution is -2.29. The van der Waals surface area contributed by atoms with Crippen molar-refractivity contribution in [2.24, 2.45) is 5.84 Å². The number of nitrogen functional groups attached to an aromatic ring is 1. The van der Waals surface area contributed by atoms with Gasteiger partial charge < -0.3 is 4.74 Å². The first-order chi connectivity index (χ1) is 8.79. The minimum atomic E-state index is -0.269. The predicted molar refractivity (Wildman–Crippen MR) is 70.9 cm³/mol. The normalized spacial score (nSPS) is 10.3. The zero-order valence-electron chi connectivity index (χ0n) is 9.76. The van der Waals surface area contributed by atoms with Gasteiger partial charge >= 0.3 is 0 Å². The maximum atomic E-state index is 11.3. The highest BCUT2D eigenvalue weighted by Crippen LogP contribution is 2.17. The molecule has 0 aliphatic heterocycles. The van der Waals surface area contributed by atoms with E-state index in [1.807, 2.05) is 36.4 Å². The van der Waals surface area contributed by atoms with Crippen LogP contribution in [0, 0.1) is 0 Å². The van der Waals surface area contributed by atoms with Gasteiger partial charge in [-0.05, 0) is 17.7 Å². The van der Waals surface area contributed by atoms with E-state index in [2.05, 4.69) is 5.43 Å². The summed E-state index contributed by atoms with van der Waals surface area (Å²) in [5, 5.41) is 0. The van der Waals surface area contributed by atoms with Crippen molar-refractivity contribution in [1.29, 1.82) is 0 Å². The summed E-state index contributed by atoms with van der Waals surface area (Å²) in [7, 11) is 0. The van der Waals surface area contributed by atoms with Crippen LogP contribution in [-0.2, 0) is 18.0 Å². The topological polar surface area (TPSA) is 64.3 Å². The molecule has 18 heavy (non-hydrogen) atoms. The molecule has 0 saturated carbocycles. The van der Waals surface area contributed by atoms with E-state index in [4.69, 9.17) is 10.6 Å². The standard InChI is InChI=1S/C13H14N2O2S/c14-15-13(16)12-7-6-11(18-12)9-17-8-10-4-2-1-3-5-10/h1-7H,8-9,14H2,(H,15,16). The number of rotatable bonds is 5. The van der Waals surface area contributed by atoms with E-state index in [9.17, 15) is 4.79 Å². The number of carbonyl (C=O) groups excluding carboxylic acids is 1. The van der Waals surface area contributed by atoms with Gasteiger partial charge in [0.25, 0.3) is 5.91 Å². The van der Waals surface area contributed by atoms with E-state index in [1.54, 1.807) is 6.07 Å². The molecule has 4 nitrogen and oxygen atoms in total. The number of carbonyl (C=O) groups is 1. The Bertz CT molecular complexity index is 511. The van der Waals surface area contributed by atoms with Gasteiger partial charge in [-0.15, -0.1) is 11.3 Å². The van der Waals surface area contributed by atoms with E-state index >= 15 is 0 Å². The molecule has 1 aromatic carbocycles. The zero-order chi connectivity index (χ0) is 12.8. The van der Waals surface area contributed by atoms with Crippen LogP contribution in [0.4, 0.5) is 0 Å². The first-order valence-electron chi connectivity index (χ1n) is 5.51. The lowest BCUT2D eigenvalue weighted by molar-refractivity contribution is 0.0957. The molecule has 94 valence electrons. The van der Waals surface area contributed by atoms with Crippen LogP contribution >= 0.6 is 11.3 Å². The van der Waals surface area contributed by atoms with Crippen LogP contribution in [0.2, 0.25) is 0 Å². The number of nitrogens with one attached hydrogen (secondary N) is 1. The van der Waals surface area contributed by atoms with Gasteiger partial charge in [0, 0.05) is 4.88 Å². The number of hydrogen-bond donors (Lipinski definition) is 2. The highest BCUT2D eigenvalue weighted by molar-refractivity contribution is 7.14. The molecule has 2 rings (SSSR count). The SMILES string of the molecule is NNC(=O)c1ccc(COCc2ccccc2)s1. The van der Waals surface area contributed by atoms with Crippen LogP contribution < -0.4 is 11.3 Å². The Hall–Kier alpha value is -1.69. The summed E-state index contributed by atoms with van der Waals surface area (Å²) in [6, 6.07) is 13.6. The number of thiophene rings is 1. The van der Waals surface area contributed by atoms with Gasteiger partial charge in [0.2, 0.25) is 0 Å². The van der Waals surface area contributed by atoms with Crippen LogP contribution in [0.1, 0.15) is 20.1 Å². The minimum Gasteiger partial charge on any atom is -0.371 e. The second kappa shape index (κ2) is 6.30. The number of hydrazine groups is 1. The third-order valence-electron chi connectivity index (χ3n) is 2.37. The first kappa shape index (κ1) is 12.8. The number of nitrogens with two attached hydrogens (primary N) is 1. The monoisotopic (exact) mass is 262 g/mol. The van der Waals surface area contributed by atoms with E-state index in [0.717, 1.165) is 10.4 Å². The highest BCUT2D eigenvalue weighted by Gasteiger charge is 2.07. The van der Waals surface area contributed by atoms with Crippen LogP contribution in [-0.4, -0.2) is 5.91 Å². The fourth-order valence-electron chi connectivity index (χ4n) is 1.49. The summed E-state index contributed by atoms with van der Waals surface area (Å²) in [5.41, 5.74) is 3.24. The molecule has 0 spiro atoms. The third-order valence-corrected chi connectivity index (χ3v) is 3.43. The Morgan fingerprint density at radius 1 is 1.17 bits per heavy atom. The maximum absolute atomic E-state index is 11.3. The van der Waals surface area contributed by atoms with Gasteiger partial charge in [-0.2, -0.15) is 0 Å². The second-order valence-corrected chi connectivity index (χ2v) is 4.89. The summed E-state index contributed by atoms with van der Waals surface area (Å²) in [4.78, 5) is 12.9. The Morgan fingerprint density at radius 3 is 2.67 bits per heavy atom. The molecule has 0 aliphatic carbocycles. The fourth-order valence-corrected chi connectivity index (χ4v) is 2.34. The van der Waals surface area contributed by atoms with Gasteiger partial charge in [-0.1, -0.05) is 30.3 Å². The molecule has 5 heteroatoms. The smallest absolute Gasteiger partial charge is 0.275 e. The van der Waals surface area contributed by atoms with Gasteiger partial charge in [-0.3, -0.25) is 10.2 Å². The summed E-state index contributed by atoms with van der Waals surface area (Å²) >= 11 is 1.38. The Kier molecular flexibility index (Phi) is 4.46. The van der Waals surface area contributed by atoms with Gasteiger partial charge in [0.05, 0.1) is 18.1 Å². The van der Waals surface area contributed by atoms with Gasteiger partial charge in [-0.25, -0.2) is 5.84 Å². The van der Waals surface area contributed by atoms with Crippen molar-refractivity contribution in [3.05, 3.63) is 57.8 Å². The number of hydrogen-bond acceptors (Lipinski definition) is 4. The number of ether oxygens (including phenoxy) is 1. The van der Waals surface area contributed by atoms with Crippen LogP contribution in [0.25, 0.3) is 0 Å². The van der Waals surface area contributed by atoms with Gasteiger partial charge in [0.1, 0.15) is 0 Å². The Morgan fingerprint density at radius 2 is 1.94 bits per heavy atom. The van der Waals surface area contributed by atoms with Crippen molar-refractivity contribution < 1.29 is 9.53 Å². The fraction of sp³-hybridized carbons (Fsp3) is 0.154. The maximum Gasteiger partial charge on any atom is 0.275 e. The largest absolute Gasteiger partial charge is 0.371 e. The minimum absolute atomic E-state index is 0.269. The molecular weight excluding hydrogens is 248 g/mol. The molecular formula is C13H14N2O2S. The average molecular weight is 262 g/mol. The molecule has 0 saturated heterocycles. The summed E-state index contributed by atoms with van der Waals surface area (Å²) < 4.78 is 5.58. The van der Waals surface area contributed by atoms with Crippen molar-refractivity contribution in [3.63, 3.8) is 0 Å². The summed E-state index contributed by atoms with van der Waals surface area (Å²) in [6.45, 7) is 1.06. The lowest BCUT2D eigenvalue weighted by Gasteiger charge is -2.02. The molecule has 3 N–H and O–H groups in total. The van der Waals surface area contributed by atoms with Crippen molar-refractivity contribution in [1.82, 2.24) is 5.43 Å². The number of amides is 1. The molecule has 0 aliphatic rings. The molecule has 1 aromatic heterocycles. The van der Waals surface area contributed by atoms with Crippen molar-refractivity contribution in [3.8, 4) is 0 Å². The van der Waals surface area contributed by atoms with Crippen molar-refractivity contribution >= 4 is 17.2 Å². The molecule has 0 fully saturated rings. The molecule has 2 aromatic rings. The first-order valence-corrected chi connectivity index (χ1v) is 6.32. The van der Waals surface area contributed by atoms with E-state index in [0.29, 0.717) is 18.1 Å². The van der Waals surface area contributed by atoms with Gasteiger partial charge in [0.15, 0.2) is 0 Å². The highest BCUT2D eigenvalue weighted by atomic mass is 32.1. The summed E-state index contributed by atoms with van der Waals surface area (Å²) in [5.74, 6) is 4.80.